The van der Waals surface area contributed by atoms with E-state index < -0.39 is 5.97 Å². The summed E-state index contributed by atoms with van der Waals surface area (Å²) in [6.07, 6.45) is 3.81. The van der Waals surface area contributed by atoms with Crippen molar-refractivity contribution in [3.63, 3.8) is 0 Å². The van der Waals surface area contributed by atoms with Crippen LogP contribution in [-0.4, -0.2) is 18.1 Å². The van der Waals surface area contributed by atoms with Crippen LogP contribution in [0.2, 0.25) is 0 Å². The number of hydrogen-bond acceptors (Lipinski definition) is 3. The molecule has 0 radical (unpaired) electrons. The lowest BCUT2D eigenvalue weighted by molar-refractivity contribution is 0.0594. The SMILES string of the molecule is COC(=O)c1cccc(/C=C/c2ccccc2)n1. The van der Waals surface area contributed by atoms with Crippen LogP contribution < -0.4 is 0 Å². The molecule has 18 heavy (non-hydrogen) atoms. The fourth-order valence-electron chi connectivity index (χ4n) is 1.51. The standard InChI is InChI=1S/C15H13NO2/c1-18-15(17)14-9-5-8-13(16-14)11-10-12-6-3-2-4-7-12/h2-11H,1H3/b11-10+. The van der Waals surface area contributed by atoms with Crippen molar-refractivity contribution >= 4 is 18.1 Å². The smallest absolute Gasteiger partial charge is 0.356 e. The minimum Gasteiger partial charge on any atom is -0.464 e. The summed E-state index contributed by atoms with van der Waals surface area (Å²) in [4.78, 5) is 15.5. The van der Waals surface area contributed by atoms with Crippen molar-refractivity contribution in [2.75, 3.05) is 7.11 Å². The van der Waals surface area contributed by atoms with Gasteiger partial charge >= 0.3 is 5.97 Å². The molecule has 0 saturated heterocycles. The van der Waals surface area contributed by atoms with E-state index in [4.69, 9.17) is 0 Å². The molecule has 0 unspecified atom stereocenters. The number of nitrogens with zero attached hydrogens (tertiary/aromatic N) is 1. The summed E-state index contributed by atoms with van der Waals surface area (Å²) < 4.78 is 4.63. The first-order valence-corrected chi connectivity index (χ1v) is 5.58. The molecule has 1 heterocycles. The van der Waals surface area contributed by atoms with Crippen LogP contribution in [0.25, 0.3) is 12.2 Å². The van der Waals surface area contributed by atoms with Gasteiger partial charge in [-0.3, -0.25) is 0 Å². The molecule has 2 aromatic rings. The van der Waals surface area contributed by atoms with Gasteiger partial charge < -0.3 is 4.74 Å². The summed E-state index contributed by atoms with van der Waals surface area (Å²) in [5.41, 5.74) is 2.12. The first-order chi connectivity index (χ1) is 8.79. The summed E-state index contributed by atoms with van der Waals surface area (Å²) in [5.74, 6) is -0.426. The second-order valence-corrected chi connectivity index (χ2v) is 3.68. The van der Waals surface area contributed by atoms with Crippen LogP contribution in [0.1, 0.15) is 21.7 Å². The summed E-state index contributed by atoms with van der Waals surface area (Å²) in [6.45, 7) is 0. The van der Waals surface area contributed by atoms with E-state index >= 15 is 0 Å². The first kappa shape index (κ1) is 12.0. The zero-order valence-electron chi connectivity index (χ0n) is 10.0. The lowest BCUT2D eigenvalue weighted by Crippen LogP contribution is -2.04. The van der Waals surface area contributed by atoms with E-state index in [9.17, 15) is 4.79 Å². The van der Waals surface area contributed by atoms with E-state index in [1.165, 1.54) is 7.11 Å². The third-order valence-corrected chi connectivity index (χ3v) is 2.41. The average Bonchev–Trinajstić information content (AvgIpc) is 2.45. The van der Waals surface area contributed by atoms with E-state index in [1.54, 1.807) is 12.1 Å². The van der Waals surface area contributed by atoms with Gasteiger partial charge in [-0.15, -0.1) is 0 Å². The molecule has 0 aliphatic heterocycles. The molecule has 0 saturated carbocycles. The number of esters is 1. The Hall–Kier alpha value is -2.42. The van der Waals surface area contributed by atoms with Gasteiger partial charge in [0.25, 0.3) is 0 Å². The van der Waals surface area contributed by atoms with Crippen LogP contribution in [0, 0.1) is 0 Å². The predicted molar refractivity (Wildman–Crippen MR) is 70.9 cm³/mol. The van der Waals surface area contributed by atoms with Gasteiger partial charge in [-0.2, -0.15) is 0 Å². The maximum absolute atomic E-state index is 11.3. The second kappa shape index (κ2) is 5.77. The van der Waals surface area contributed by atoms with Gasteiger partial charge in [0.15, 0.2) is 0 Å². The Kier molecular flexibility index (Phi) is 3.86. The number of ether oxygens (including phenoxy) is 1. The van der Waals surface area contributed by atoms with Crippen LogP contribution in [0.3, 0.4) is 0 Å². The quantitative estimate of drug-likeness (QED) is 0.773. The Labute approximate surface area is 106 Å². The number of carbonyl (C=O) groups excluding carboxylic acids is 1. The van der Waals surface area contributed by atoms with Gasteiger partial charge in [0, 0.05) is 0 Å². The van der Waals surface area contributed by atoms with Crippen LogP contribution in [0.5, 0.6) is 0 Å². The highest BCUT2D eigenvalue weighted by molar-refractivity contribution is 5.87. The van der Waals surface area contributed by atoms with E-state index in [1.807, 2.05) is 48.6 Å². The first-order valence-electron chi connectivity index (χ1n) is 5.58. The van der Waals surface area contributed by atoms with Crippen molar-refractivity contribution < 1.29 is 9.53 Å². The molecular formula is C15H13NO2. The van der Waals surface area contributed by atoms with Crippen molar-refractivity contribution in [3.05, 3.63) is 65.5 Å². The molecule has 3 heteroatoms. The van der Waals surface area contributed by atoms with Crippen LogP contribution in [0.4, 0.5) is 0 Å². The molecule has 2 rings (SSSR count). The molecule has 0 bridgehead atoms. The van der Waals surface area contributed by atoms with E-state index in [2.05, 4.69) is 9.72 Å². The normalized spacial score (nSPS) is 10.5. The lowest BCUT2D eigenvalue weighted by Gasteiger charge is -1.99. The number of carbonyl (C=O) groups is 1. The summed E-state index contributed by atoms with van der Waals surface area (Å²) in [7, 11) is 1.34. The van der Waals surface area contributed by atoms with Crippen molar-refractivity contribution in [1.29, 1.82) is 0 Å². The number of hydrogen-bond donors (Lipinski definition) is 0. The van der Waals surface area contributed by atoms with Gasteiger partial charge in [0.05, 0.1) is 12.8 Å². The number of benzene rings is 1. The topological polar surface area (TPSA) is 39.2 Å². The Morgan fingerprint density at radius 2 is 1.83 bits per heavy atom. The summed E-state index contributed by atoms with van der Waals surface area (Å²) >= 11 is 0. The zero-order valence-corrected chi connectivity index (χ0v) is 10.0. The molecule has 0 N–H and O–H groups in total. The Morgan fingerprint density at radius 3 is 2.56 bits per heavy atom. The van der Waals surface area contributed by atoms with Crippen molar-refractivity contribution in [2.24, 2.45) is 0 Å². The van der Waals surface area contributed by atoms with E-state index in [-0.39, 0.29) is 0 Å². The van der Waals surface area contributed by atoms with Gasteiger partial charge in [-0.25, -0.2) is 9.78 Å². The maximum atomic E-state index is 11.3. The van der Waals surface area contributed by atoms with Crippen molar-refractivity contribution in [3.8, 4) is 0 Å². The molecule has 0 amide bonds. The monoisotopic (exact) mass is 239 g/mol. The predicted octanol–water partition coefficient (Wildman–Crippen LogP) is 3.04. The molecule has 0 aliphatic rings. The molecule has 3 nitrogen and oxygen atoms in total. The highest BCUT2D eigenvalue weighted by Crippen LogP contribution is 2.07. The molecule has 0 atom stereocenters. The van der Waals surface area contributed by atoms with Crippen LogP contribution in [-0.2, 0) is 4.74 Å². The van der Waals surface area contributed by atoms with Crippen molar-refractivity contribution in [2.45, 2.75) is 0 Å². The summed E-state index contributed by atoms with van der Waals surface area (Å²) in [6, 6.07) is 15.2. The number of aromatic nitrogens is 1. The maximum Gasteiger partial charge on any atom is 0.356 e. The van der Waals surface area contributed by atoms with E-state index in [0.29, 0.717) is 5.69 Å². The van der Waals surface area contributed by atoms with Crippen LogP contribution in [0.15, 0.2) is 48.5 Å². The van der Waals surface area contributed by atoms with Gasteiger partial charge in [0.1, 0.15) is 5.69 Å². The number of methoxy groups -OCH3 is 1. The molecule has 0 spiro atoms. The Balaban J connectivity index is 2.20. The van der Waals surface area contributed by atoms with Crippen molar-refractivity contribution in [1.82, 2.24) is 4.98 Å². The molecule has 1 aromatic heterocycles. The minimum atomic E-state index is -0.426. The van der Waals surface area contributed by atoms with Gasteiger partial charge in [-0.05, 0) is 23.8 Å². The molecular weight excluding hydrogens is 226 g/mol. The fraction of sp³-hybridized carbons (Fsp3) is 0.0667. The summed E-state index contributed by atoms with van der Waals surface area (Å²) in [5, 5.41) is 0. The van der Waals surface area contributed by atoms with Gasteiger partial charge in [-0.1, -0.05) is 42.5 Å². The third-order valence-electron chi connectivity index (χ3n) is 2.41. The van der Waals surface area contributed by atoms with Crippen LogP contribution >= 0.6 is 0 Å². The zero-order chi connectivity index (χ0) is 12.8. The fourth-order valence-corrected chi connectivity index (χ4v) is 1.51. The largest absolute Gasteiger partial charge is 0.464 e. The average molecular weight is 239 g/mol. The molecule has 0 aliphatic carbocycles. The van der Waals surface area contributed by atoms with Gasteiger partial charge in [0.2, 0.25) is 0 Å². The third kappa shape index (κ3) is 3.04. The molecule has 0 fully saturated rings. The minimum absolute atomic E-state index is 0.313. The molecule has 90 valence electrons. The second-order valence-electron chi connectivity index (χ2n) is 3.68. The lowest BCUT2D eigenvalue weighted by atomic mass is 10.2. The molecule has 1 aromatic carbocycles. The Morgan fingerprint density at radius 1 is 1.06 bits per heavy atom. The highest BCUT2D eigenvalue weighted by Gasteiger charge is 2.05. The number of pyridine rings is 1. The highest BCUT2D eigenvalue weighted by atomic mass is 16.5. The van der Waals surface area contributed by atoms with E-state index in [0.717, 1.165) is 11.3 Å². The number of rotatable bonds is 3. The Bertz CT molecular complexity index is 562.